The van der Waals surface area contributed by atoms with Gasteiger partial charge in [0, 0.05) is 5.69 Å². The highest BCUT2D eigenvalue weighted by Crippen LogP contribution is 2.32. The highest BCUT2D eigenvalue weighted by atomic mass is 19.3. The van der Waals surface area contributed by atoms with Crippen LogP contribution in [0.5, 0.6) is 0 Å². The average molecular weight is 344 g/mol. The highest BCUT2D eigenvalue weighted by molar-refractivity contribution is 5.85. The molecule has 1 N–H and O–H groups in total. The van der Waals surface area contributed by atoms with Crippen molar-refractivity contribution in [2.24, 2.45) is 0 Å². The molecule has 24 heavy (non-hydrogen) atoms. The largest absolute Gasteiger partial charge is 0.544 e. The van der Waals surface area contributed by atoms with Gasteiger partial charge in [0.1, 0.15) is 12.1 Å². The van der Waals surface area contributed by atoms with E-state index in [9.17, 15) is 23.5 Å². The third kappa shape index (κ3) is 4.18. The molecule has 1 saturated heterocycles. The summed E-state index contributed by atoms with van der Waals surface area (Å²) in [4.78, 5) is 22.6. The number of carboxylic acids is 1. The molecule has 1 heterocycles. The molecule has 7 nitrogen and oxygen atoms in total. The maximum Gasteiger partial charge on any atom is 0.412 e. The van der Waals surface area contributed by atoms with E-state index in [-0.39, 0.29) is 6.61 Å². The lowest BCUT2D eigenvalue weighted by Gasteiger charge is -2.31. The van der Waals surface area contributed by atoms with Crippen molar-refractivity contribution in [1.82, 2.24) is 0 Å². The van der Waals surface area contributed by atoms with Gasteiger partial charge >= 0.3 is 12.0 Å². The van der Waals surface area contributed by atoms with Gasteiger partial charge in [-0.15, -0.1) is 0 Å². The zero-order valence-corrected chi connectivity index (χ0v) is 13.0. The van der Waals surface area contributed by atoms with E-state index in [0.717, 1.165) is 0 Å². The van der Waals surface area contributed by atoms with Crippen molar-refractivity contribution in [2.75, 3.05) is 11.9 Å². The number of alkyl halides is 2. The second-order valence-electron chi connectivity index (χ2n) is 5.59. The third-order valence-electron chi connectivity index (χ3n) is 3.25. The molecule has 2 unspecified atom stereocenters. The minimum Gasteiger partial charge on any atom is -0.544 e. The first-order valence-electron chi connectivity index (χ1n) is 7.05. The smallest absolute Gasteiger partial charge is 0.412 e. The zero-order chi connectivity index (χ0) is 18.0. The van der Waals surface area contributed by atoms with Gasteiger partial charge in [-0.25, -0.2) is 4.79 Å². The number of ether oxygens (including phenoxy) is 3. The van der Waals surface area contributed by atoms with Gasteiger partial charge in [0.25, 0.3) is 0 Å². The van der Waals surface area contributed by atoms with Crippen LogP contribution in [0.2, 0.25) is 0 Å². The number of carbonyl (C=O) groups excluding carboxylic acids is 2. The fourth-order valence-corrected chi connectivity index (χ4v) is 2.15. The number of carboxylic acid groups (broad SMARTS) is 1. The molecule has 0 aromatic heterocycles. The number of aliphatic carboxylic acids is 1. The quantitative estimate of drug-likeness (QED) is 0.860. The SMILES string of the molecule is CC1(C)OCC(C(OC(=O)Nc2ccccc2)C(F)(F)C(=O)[O-])O1. The Morgan fingerprint density at radius 3 is 2.50 bits per heavy atom. The van der Waals surface area contributed by atoms with Gasteiger partial charge in [-0.1, -0.05) is 18.2 Å². The summed E-state index contributed by atoms with van der Waals surface area (Å²) in [5.74, 6) is -8.33. The summed E-state index contributed by atoms with van der Waals surface area (Å²) in [6, 6.07) is 7.92. The van der Waals surface area contributed by atoms with Crippen LogP contribution in [0.15, 0.2) is 30.3 Å². The second-order valence-corrected chi connectivity index (χ2v) is 5.59. The van der Waals surface area contributed by atoms with Gasteiger partial charge in [-0.3, -0.25) is 5.32 Å². The summed E-state index contributed by atoms with van der Waals surface area (Å²) in [6.07, 6.45) is -5.12. The van der Waals surface area contributed by atoms with Crippen LogP contribution in [-0.4, -0.2) is 42.6 Å². The normalized spacial score (nSPS) is 21.1. The number of rotatable bonds is 5. The van der Waals surface area contributed by atoms with E-state index < -0.39 is 36.0 Å². The third-order valence-corrected chi connectivity index (χ3v) is 3.25. The number of hydrogen-bond acceptors (Lipinski definition) is 6. The van der Waals surface area contributed by atoms with Crippen molar-refractivity contribution in [1.29, 1.82) is 0 Å². The molecule has 0 aliphatic carbocycles. The standard InChI is InChI=1S/C15H17F2NO6/c1-14(2)22-8-10(24-14)11(15(16,17)12(19)20)23-13(21)18-9-6-4-3-5-7-9/h3-7,10-11H,8H2,1-2H3,(H,18,21)(H,19,20)/p-1. The van der Waals surface area contributed by atoms with Crippen LogP contribution < -0.4 is 10.4 Å². The van der Waals surface area contributed by atoms with Gasteiger partial charge in [0.05, 0.1) is 6.61 Å². The van der Waals surface area contributed by atoms with Crippen molar-refractivity contribution in [3.8, 4) is 0 Å². The molecule has 132 valence electrons. The number of amides is 1. The molecular formula is C15H16F2NO6-. The summed E-state index contributed by atoms with van der Waals surface area (Å²) in [7, 11) is 0. The van der Waals surface area contributed by atoms with E-state index in [0.29, 0.717) is 5.69 Å². The number of halogens is 2. The summed E-state index contributed by atoms with van der Waals surface area (Å²) < 4.78 is 42.8. The van der Waals surface area contributed by atoms with Crippen LogP contribution >= 0.6 is 0 Å². The molecule has 1 amide bonds. The minimum atomic E-state index is -4.46. The lowest BCUT2D eigenvalue weighted by atomic mass is 10.1. The van der Waals surface area contributed by atoms with Crippen LogP contribution in [0.25, 0.3) is 0 Å². The summed E-state index contributed by atoms with van der Waals surface area (Å²) in [5.41, 5.74) is 0.293. The van der Waals surface area contributed by atoms with Crippen LogP contribution in [0, 0.1) is 0 Å². The predicted molar refractivity (Wildman–Crippen MR) is 75.2 cm³/mol. The maximum absolute atomic E-state index is 13.9. The molecule has 1 aliphatic rings. The molecule has 1 fully saturated rings. The topological polar surface area (TPSA) is 96.9 Å². The fraction of sp³-hybridized carbons (Fsp3) is 0.467. The Labute approximate surface area is 136 Å². The molecular weight excluding hydrogens is 328 g/mol. The Bertz CT molecular complexity index is 607. The molecule has 2 rings (SSSR count). The zero-order valence-electron chi connectivity index (χ0n) is 13.0. The van der Waals surface area contributed by atoms with Crippen LogP contribution in [-0.2, 0) is 19.0 Å². The van der Waals surface area contributed by atoms with Gasteiger partial charge in [-0.2, -0.15) is 8.78 Å². The number of nitrogens with one attached hydrogen (secondary N) is 1. The summed E-state index contributed by atoms with van der Waals surface area (Å²) in [5, 5.41) is 13.0. The Balaban J connectivity index is 2.14. The second kappa shape index (κ2) is 6.70. The van der Waals surface area contributed by atoms with Crippen molar-refractivity contribution >= 4 is 17.7 Å². The van der Waals surface area contributed by atoms with Crippen molar-refractivity contribution in [3.63, 3.8) is 0 Å². The molecule has 0 saturated carbocycles. The number of carbonyl (C=O) groups is 2. The van der Waals surface area contributed by atoms with Crippen LogP contribution in [0.1, 0.15) is 13.8 Å². The average Bonchev–Trinajstić information content (AvgIpc) is 2.85. The first-order chi connectivity index (χ1) is 11.1. The van der Waals surface area contributed by atoms with E-state index in [2.05, 4.69) is 10.1 Å². The first-order valence-corrected chi connectivity index (χ1v) is 7.05. The van der Waals surface area contributed by atoms with E-state index in [4.69, 9.17) is 9.47 Å². The van der Waals surface area contributed by atoms with E-state index in [1.54, 1.807) is 18.2 Å². The maximum atomic E-state index is 13.9. The predicted octanol–water partition coefficient (Wildman–Crippen LogP) is 1.14. The van der Waals surface area contributed by atoms with Crippen LogP contribution in [0.4, 0.5) is 19.3 Å². The highest BCUT2D eigenvalue weighted by Gasteiger charge is 2.53. The number of benzene rings is 1. The van der Waals surface area contributed by atoms with Crippen molar-refractivity contribution < 1.29 is 37.7 Å². The van der Waals surface area contributed by atoms with Crippen LogP contribution in [0.3, 0.4) is 0 Å². The minimum absolute atomic E-state index is 0.293. The fourth-order valence-electron chi connectivity index (χ4n) is 2.15. The molecule has 0 radical (unpaired) electrons. The van der Waals surface area contributed by atoms with Crippen molar-refractivity contribution in [2.45, 2.75) is 37.8 Å². The monoisotopic (exact) mass is 344 g/mol. The Hall–Kier alpha value is -2.26. The number of para-hydroxylation sites is 1. The molecule has 0 spiro atoms. The summed E-state index contributed by atoms with van der Waals surface area (Å²) >= 11 is 0. The molecule has 9 heteroatoms. The lowest BCUT2D eigenvalue weighted by molar-refractivity contribution is -0.338. The molecule has 0 bridgehead atoms. The molecule has 2 atom stereocenters. The summed E-state index contributed by atoms with van der Waals surface area (Å²) in [6.45, 7) is 2.57. The van der Waals surface area contributed by atoms with E-state index in [1.165, 1.54) is 26.0 Å². The van der Waals surface area contributed by atoms with Gasteiger partial charge < -0.3 is 24.1 Å². The van der Waals surface area contributed by atoms with Gasteiger partial charge in [-0.05, 0) is 26.0 Å². The van der Waals surface area contributed by atoms with Crippen molar-refractivity contribution in [3.05, 3.63) is 30.3 Å². The first kappa shape index (κ1) is 18.1. The molecule has 1 aromatic rings. The molecule has 1 aliphatic heterocycles. The van der Waals surface area contributed by atoms with E-state index >= 15 is 0 Å². The Morgan fingerprint density at radius 2 is 2.00 bits per heavy atom. The Morgan fingerprint density at radius 1 is 1.38 bits per heavy atom. The number of hydrogen-bond donors (Lipinski definition) is 1. The van der Waals surface area contributed by atoms with Gasteiger partial charge in [0.15, 0.2) is 5.79 Å². The molecule has 1 aromatic carbocycles. The van der Waals surface area contributed by atoms with E-state index in [1.807, 2.05) is 0 Å². The van der Waals surface area contributed by atoms with Gasteiger partial charge in [0.2, 0.25) is 6.10 Å². The Kier molecular flexibility index (Phi) is 5.05. The lowest BCUT2D eigenvalue weighted by Crippen LogP contribution is -2.56. The number of anilines is 1.